The van der Waals surface area contributed by atoms with Gasteiger partial charge in [0.1, 0.15) is 17.2 Å². The molecule has 5 nitrogen and oxygen atoms in total. The SMILES string of the molecule is CCOC(=O)c1cnc(CCc2ccccc2)nc1N. The van der Waals surface area contributed by atoms with Crippen LogP contribution in [0, 0.1) is 0 Å². The number of nitrogens with zero attached hydrogens (tertiary/aromatic N) is 2. The number of carbonyl (C=O) groups is 1. The molecule has 2 rings (SSSR count). The summed E-state index contributed by atoms with van der Waals surface area (Å²) in [5, 5.41) is 0. The van der Waals surface area contributed by atoms with Gasteiger partial charge in [0.25, 0.3) is 0 Å². The van der Waals surface area contributed by atoms with E-state index in [1.807, 2.05) is 18.2 Å². The minimum Gasteiger partial charge on any atom is -0.462 e. The van der Waals surface area contributed by atoms with E-state index >= 15 is 0 Å². The van der Waals surface area contributed by atoms with Gasteiger partial charge in [-0.2, -0.15) is 0 Å². The molecule has 0 unspecified atom stereocenters. The van der Waals surface area contributed by atoms with Crippen molar-refractivity contribution in [3.63, 3.8) is 0 Å². The van der Waals surface area contributed by atoms with Gasteiger partial charge in [0.05, 0.1) is 6.61 Å². The molecule has 0 saturated carbocycles. The highest BCUT2D eigenvalue weighted by atomic mass is 16.5. The van der Waals surface area contributed by atoms with Gasteiger partial charge in [0.2, 0.25) is 0 Å². The molecule has 20 heavy (non-hydrogen) atoms. The number of hydrogen-bond donors (Lipinski definition) is 1. The molecule has 104 valence electrons. The number of anilines is 1. The number of ether oxygens (including phenoxy) is 1. The van der Waals surface area contributed by atoms with Gasteiger partial charge >= 0.3 is 5.97 Å². The fourth-order valence-electron chi connectivity index (χ4n) is 1.82. The Hall–Kier alpha value is -2.43. The predicted molar refractivity (Wildman–Crippen MR) is 76.3 cm³/mol. The number of nitrogen functional groups attached to an aromatic ring is 1. The van der Waals surface area contributed by atoms with Crippen LogP contribution in [0.25, 0.3) is 0 Å². The van der Waals surface area contributed by atoms with Crippen molar-refractivity contribution in [2.45, 2.75) is 19.8 Å². The second-order valence-electron chi connectivity index (χ2n) is 4.29. The van der Waals surface area contributed by atoms with Crippen LogP contribution in [0.15, 0.2) is 36.5 Å². The predicted octanol–water partition coefficient (Wildman–Crippen LogP) is 2.02. The first-order valence-corrected chi connectivity index (χ1v) is 6.53. The van der Waals surface area contributed by atoms with E-state index in [1.54, 1.807) is 6.92 Å². The fourth-order valence-corrected chi connectivity index (χ4v) is 1.82. The average Bonchev–Trinajstić information content (AvgIpc) is 2.46. The van der Waals surface area contributed by atoms with E-state index in [1.165, 1.54) is 11.8 Å². The summed E-state index contributed by atoms with van der Waals surface area (Å²) in [5.41, 5.74) is 7.20. The van der Waals surface area contributed by atoms with Crippen LogP contribution in [0.5, 0.6) is 0 Å². The summed E-state index contributed by atoms with van der Waals surface area (Å²) in [6.45, 7) is 2.04. The molecule has 0 aliphatic rings. The maximum absolute atomic E-state index is 11.6. The maximum atomic E-state index is 11.6. The number of aromatic nitrogens is 2. The van der Waals surface area contributed by atoms with Gasteiger partial charge in [-0.3, -0.25) is 0 Å². The van der Waals surface area contributed by atoms with E-state index in [-0.39, 0.29) is 11.4 Å². The number of aryl methyl sites for hydroxylation is 2. The highest BCUT2D eigenvalue weighted by Crippen LogP contribution is 2.11. The molecular formula is C15H17N3O2. The summed E-state index contributed by atoms with van der Waals surface area (Å²) >= 11 is 0. The number of esters is 1. The lowest BCUT2D eigenvalue weighted by Gasteiger charge is -2.06. The van der Waals surface area contributed by atoms with Crippen molar-refractivity contribution >= 4 is 11.8 Å². The quantitative estimate of drug-likeness (QED) is 0.842. The van der Waals surface area contributed by atoms with Gasteiger partial charge in [0.15, 0.2) is 0 Å². The maximum Gasteiger partial charge on any atom is 0.343 e. The largest absolute Gasteiger partial charge is 0.462 e. The lowest BCUT2D eigenvalue weighted by Crippen LogP contribution is -2.12. The standard InChI is InChI=1S/C15H17N3O2/c1-2-20-15(19)12-10-17-13(18-14(12)16)9-8-11-6-4-3-5-7-11/h3-7,10H,2,8-9H2,1H3,(H2,16,17,18). The molecule has 0 aliphatic carbocycles. The van der Waals surface area contributed by atoms with E-state index in [2.05, 4.69) is 22.1 Å². The van der Waals surface area contributed by atoms with Crippen molar-refractivity contribution in [3.05, 3.63) is 53.5 Å². The Balaban J connectivity index is 2.04. The Morgan fingerprint density at radius 3 is 2.65 bits per heavy atom. The number of hydrogen-bond acceptors (Lipinski definition) is 5. The normalized spacial score (nSPS) is 10.2. The van der Waals surface area contributed by atoms with E-state index in [9.17, 15) is 4.79 Å². The Labute approximate surface area is 117 Å². The van der Waals surface area contributed by atoms with Gasteiger partial charge in [-0.15, -0.1) is 0 Å². The molecule has 0 saturated heterocycles. The van der Waals surface area contributed by atoms with Gasteiger partial charge in [-0.05, 0) is 18.9 Å². The number of rotatable bonds is 5. The van der Waals surface area contributed by atoms with E-state index in [0.29, 0.717) is 18.9 Å². The molecule has 1 aromatic heterocycles. The molecule has 0 fully saturated rings. The molecule has 0 spiro atoms. The smallest absolute Gasteiger partial charge is 0.343 e. The fraction of sp³-hybridized carbons (Fsp3) is 0.267. The third-order valence-electron chi connectivity index (χ3n) is 2.84. The zero-order chi connectivity index (χ0) is 14.4. The minimum absolute atomic E-state index is 0.168. The summed E-state index contributed by atoms with van der Waals surface area (Å²) in [4.78, 5) is 19.9. The van der Waals surface area contributed by atoms with E-state index in [4.69, 9.17) is 10.5 Å². The van der Waals surface area contributed by atoms with Gasteiger partial charge in [-0.1, -0.05) is 30.3 Å². The topological polar surface area (TPSA) is 78.1 Å². The van der Waals surface area contributed by atoms with Crippen molar-refractivity contribution < 1.29 is 9.53 Å². The molecule has 1 aromatic carbocycles. The number of benzene rings is 1. The third-order valence-corrected chi connectivity index (χ3v) is 2.84. The Morgan fingerprint density at radius 2 is 2.00 bits per heavy atom. The number of nitrogens with two attached hydrogens (primary N) is 1. The summed E-state index contributed by atoms with van der Waals surface area (Å²) in [7, 11) is 0. The van der Waals surface area contributed by atoms with Crippen molar-refractivity contribution in [3.8, 4) is 0 Å². The molecule has 0 bridgehead atoms. The van der Waals surface area contributed by atoms with Crippen molar-refractivity contribution in [2.75, 3.05) is 12.3 Å². The molecule has 2 aromatic rings. The molecule has 2 N–H and O–H groups in total. The lowest BCUT2D eigenvalue weighted by atomic mass is 10.1. The van der Waals surface area contributed by atoms with Crippen LogP contribution in [0.1, 0.15) is 28.7 Å². The monoisotopic (exact) mass is 271 g/mol. The van der Waals surface area contributed by atoms with Crippen LogP contribution in [-0.2, 0) is 17.6 Å². The number of carbonyl (C=O) groups excluding carboxylic acids is 1. The Kier molecular flexibility index (Phi) is 4.65. The van der Waals surface area contributed by atoms with Crippen molar-refractivity contribution in [2.24, 2.45) is 0 Å². The van der Waals surface area contributed by atoms with Crippen LogP contribution in [0.3, 0.4) is 0 Å². The summed E-state index contributed by atoms with van der Waals surface area (Å²) < 4.78 is 4.88. The van der Waals surface area contributed by atoms with Crippen LogP contribution in [-0.4, -0.2) is 22.5 Å². The van der Waals surface area contributed by atoms with Crippen LogP contribution < -0.4 is 5.73 Å². The van der Waals surface area contributed by atoms with Crippen molar-refractivity contribution in [1.82, 2.24) is 9.97 Å². The minimum atomic E-state index is -0.486. The highest BCUT2D eigenvalue weighted by molar-refractivity contribution is 5.93. The third kappa shape index (κ3) is 3.54. The molecule has 5 heteroatoms. The van der Waals surface area contributed by atoms with E-state index in [0.717, 1.165) is 6.42 Å². The average molecular weight is 271 g/mol. The Morgan fingerprint density at radius 1 is 1.25 bits per heavy atom. The second kappa shape index (κ2) is 6.65. The van der Waals surface area contributed by atoms with Crippen molar-refractivity contribution in [1.29, 1.82) is 0 Å². The van der Waals surface area contributed by atoms with Gasteiger partial charge < -0.3 is 10.5 Å². The van der Waals surface area contributed by atoms with Crippen LogP contribution >= 0.6 is 0 Å². The molecule has 0 aliphatic heterocycles. The first kappa shape index (κ1) is 14.0. The van der Waals surface area contributed by atoms with Crippen LogP contribution in [0.2, 0.25) is 0 Å². The zero-order valence-corrected chi connectivity index (χ0v) is 11.4. The molecule has 0 amide bonds. The molecular weight excluding hydrogens is 254 g/mol. The summed E-state index contributed by atoms with van der Waals surface area (Å²) in [6.07, 6.45) is 2.94. The first-order chi connectivity index (χ1) is 9.70. The van der Waals surface area contributed by atoms with Gasteiger partial charge in [-0.25, -0.2) is 14.8 Å². The molecule has 0 atom stereocenters. The first-order valence-electron chi connectivity index (χ1n) is 6.53. The molecule has 0 radical (unpaired) electrons. The summed E-state index contributed by atoms with van der Waals surface area (Å²) in [6, 6.07) is 10.1. The lowest BCUT2D eigenvalue weighted by molar-refractivity contribution is 0.0526. The zero-order valence-electron chi connectivity index (χ0n) is 11.4. The summed E-state index contributed by atoms with van der Waals surface area (Å²) in [5.74, 6) is 0.306. The van der Waals surface area contributed by atoms with Crippen LogP contribution in [0.4, 0.5) is 5.82 Å². The molecule has 1 heterocycles. The van der Waals surface area contributed by atoms with E-state index < -0.39 is 5.97 Å². The van der Waals surface area contributed by atoms with Gasteiger partial charge in [0, 0.05) is 12.6 Å². The highest BCUT2D eigenvalue weighted by Gasteiger charge is 2.13. The Bertz CT molecular complexity index is 585. The second-order valence-corrected chi connectivity index (χ2v) is 4.29.